The summed E-state index contributed by atoms with van der Waals surface area (Å²) < 4.78 is 30.2. The van der Waals surface area contributed by atoms with Gasteiger partial charge in [0.25, 0.3) is 0 Å². The third kappa shape index (κ3) is 4.53. The molecule has 2 aromatic rings. The van der Waals surface area contributed by atoms with Gasteiger partial charge in [0.2, 0.25) is 9.84 Å². The summed E-state index contributed by atoms with van der Waals surface area (Å²) in [5, 5.41) is 0. The molecule has 0 heterocycles. The van der Waals surface area contributed by atoms with Crippen molar-refractivity contribution in [1.29, 1.82) is 0 Å². The number of hydrogen-bond acceptors (Lipinski definition) is 4. The number of esters is 1. The van der Waals surface area contributed by atoms with Crippen molar-refractivity contribution in [3.63, 3.8) is 0 Å². The van der Waals surface area contributed by atoms with E-state index in [1.54, 1.807) is 36.4 Å². The fourth-order valence-electron chi connectivity index (χ4n) is 2.10. The van der Waals surface area contributed by atoms with E-state index >= 15 is 0 Å². The molecule has 120 valence electrons. The third-order valence-corrected chi connectivity index (χ3v) is 5.23. The van der Waals surface area contributed by atoms with Gasteiger partial charge in [-0.25, -0.2) is 8.42 Å². The Morgan fingerprint density at radius 3 is 2.09 bits per heavy atom. The summed E-state index contributed by atoms with van der Waals surface area (Å²) in [6, 6.07) is 17.4. The molecule has 0 saturated heterocycles. The number of methoxy groups -OCH3 is 1. The first-order valence-electron chi connectivity index (χ1n) is 7.16. The molecule has 0 spiro atoms. The van der Waals surface area contributed by atoms with Crippen molar-refractivity contribution in [1.82, 2.24) is 0 Å². The molecule has 0 radical (unpaired) electrons. The Balaban J connectivity index is 2.41. The smallest absolute Gasteiger partial charge is 0.305 e. The summed E-state index contributed by atoms with van der Waals surface area (Å²) >= 11 is 0. The van der Waals surface area contributed by atoms with Crippen LogP contribution in [0.5, 0.6) is 0 Å². The van der Waals surface area contributed by atoms with Crippen LogP contribution in [0, 0.1) is 0 Å². The highest BCUT2D eigenvalue weighted by atomic mass is 32.2. The molecule has 2 aromatic carbocycles. The zero-order valence-corrected chi connectivity index (χ0v) is 13.6. The minimum atomic E-state index is -3.65. The monoisotopic (exact) mass is 330 g/mol. The minimum Gasteiger partial charge on any atom is -0.469 e. The van der Waals surface area contributed by atoms with E-state index in [1.165, 1.54) is 7.11 Å². The van der Waals surface area contributed by atoms with E-state index in [1.807, 2.05) is 30.3 Å². The van der Waals surface area contributed by atoms with Crippen molar-refractivity contribution in [2.45, 2.75) is 17.7 Å². The van der Waals surface area contributed by atoms with Crippen molar-refractivity contribution in [3.8, 4) is 0 Å². The number of carbonyl (C=O) groups excluding carboxylic acids is 1. The van der Waals surface area contributed by atoms with Gasteiger partial charge in [-0.1, -0.05) is 48.5 Å². The summed E-state index contributed by atoms with van der Waals surface area (Å²) in [4.78, 5) is 11.8. The van der Waals surface area contributed by atoms with Gasteiger partial charge in [-0.3, -0.25) is 4.79 Å². The zero-order valence-electron chi connectivity index (χ0n) is 12.8. The SMILES string of the molecule is COC(=O)CC/C(=C/c1ccccc1)S(=O)(=O)c1ccccc1. The van der Waals surface area contributed by atoms with E-state index in [0.717, 1.165) is 5.56 Å². The summed E-state index contributed by atoms with van der Waals surface area (Å²) in [6.45, 7) is 0. The molecule has 0 fully saturated rings. The van der Waals surface area contributed by atoms with E-state index in [9.17, 15) is 13.2 Å². The Hall–Kier alpha value is -2.40. The maximum atomic E-state index is 12.8. The Kier molecular flexibility index (Phi) is 5.71. The molecule has 23 heavy (non-hydrogen) atoms. The van der Waals surface area contributed by atoms with Crippen LogP contribution in [0.2, 0.25) is 0 Å². The summed E-state index contributed by atoms with van der Waals surface area (Å²) in [5.74, 6) is -0.438. The van der Waals surface area contributed by atoms with Crippen LogP contribution in [0.4, 0.5) is 0 Å². The van der Waals surface area contributed by atoms with Crippen LogP contribution in [-0.4, -0.2) is 21.5 Å². The molecule has 0 bridgehead atoms. The van der Waals surface area contributed by atoms with Crippen LogP contribution in [0.25, 0.3) is 6.08 Å². The second-order valence-corrected chi connectivity index (χ2v) is 6.92. The second kappa shape index (κ2) is 7.74. The first-order chi connectivity index (χ1) is 11.0. The topological polar surface area (TPSA) is 60.4 Å². The predicted octanol–water partition coefficient (Wildman–Crippen LogP) is 3.45. The highest BCUT2D eigenvalue weighted by Gasteiger charge is 2.21. The molecular weight excluding hydrogens is 312 g/mol. The summed E-state index contributed by atoms with van der Waals surface area (Å²) in [6.07, 6.45) is 1.71. The molecule has 0 aromatic heterocycles. The van der Waals surface area contributed by atoms with Crippen LogP contribution in [-0.2, 0) is 19.4 Å². The molecule has 0 atom stereocenters. The van der Waals surface area contributed by atoms with E-state index in [0.29, 0.717) is 0 Å². The van der Waals surface area contributed by atoms with E-state index in [-0.39, 0.29) is 22.6 Å². The lowest BCUT2D eigenvalue weighted by molar-refractivity contribution is -0.140. The van der Waals surface area contributed by atoms with Crippen LogP contribution in [0.1, 0.15) is 18.4 Å². The Morgan fingerprint density at radius 2 is 1.52 bits per heavy atom. The largest absolute Gasteiger partial charge is 0.469 e. The van der Waals surface area contributed by atoms with Crippen LogP contribution >= 0.6 is 0 Å². The van der Waals surface area contributed by atoms with Crippen molar-refractivity contribution in [3.05, 3.63) is 71.1 Å². The Morgan fingerprint density at radius 1 is 0.957 bits per heavy atom. The average Bonchev–Trinajstić information content (AvgIpc) is 2.59. The van der Waals surface area contributed by atoms with Crippen molar-refractivity contribution in [2.24, 2.45) is 0 Å². The normalized spacial score (nSPS) is 12.0. The van der Waals surface area contributed by atoms with Gasteiger partial charge < -0.3 is 4.74 Å². The molecule has 4 nitrogen and oxygen atoms in total. The molecular formula is C18H18O4S. The molecule has 0 saturated carbocycles. The van der Waals surface area contributed by atoms with E-state index < -0.39 is 15.8 Å². The van der Waals surface area contributed by atoms with Gasteiger partial charge in [-0.05, 0) is 30.2 Å². The van der Waals surface area contributed by atoms with Gasteiger partial charge in [-0.15, -0.1) is 0 Å². The third-order valence-electron chi connectivity index (χ3n) is 3.33. The second-order valence-electron chi connectivity index (χ2n) is 4.91. The van der Waals surface area contributed by atoms with Crippen LogP contribution in [0.15, 0.2) is 70.5 Å². The number of rotatable bonds is 6. The summed E-state index contributed by atoms with van der Waals surface area (Å²) in [5.41, 5.74) is 0.770. The molecule has 2 rings (SSSR count). The maximum absolute atomic E-state index is 12.8. The van der Waals surface area contributed by atoms with Gasteiger partial charge in [0, 0.05) is 0 Å². The van der Waals surface area contributed by atoms with Gasteiger partial charge >= 0.3 is 5.97 Å². The average molecular weight is 330 g/mol. The molecule has 0 amide bonds. The lowest BCUT2D eigenvalue weighted by Gasteiger charge is -2.09. The van der Waals surface area contributed by atoms with Gasteiger partial charge in [0.05, 0.1) is 23.3 Å². The van der Waals surface area contributed by atoms with E-state index in [2.05, 4.69) is 4.74 Å². The van der Waals surface area contributed by atoms with Crippen molar-refractivity contribution in [2.75, 3.05) is 7.11 Å². The zero-order chi connectivity index (χ0) is 16.7. The van der Waals surface area contributed by atoms with Crippen LogP contribution < -0.4 is 0 Å². The fourth-order valence-corrected chi connectivity index (χ4v) is 3.58. The number of benzene rings is 2. The minimum absolute atomic E-state index is 0.0151. The van der Waals surface area contributed by atoms with Gasteiger partial charge in [0.1, 0.15) is 0 Å². The fraction of sp³-hybridized carbons (Fsp3) is 0.167. The Labute approximate surface area is 136 Å². The van der Waals surface area contributed by atoms with Crippen molar-refractivity contribution >= 4 is 21.9 Å². The van der Waals surface area contributed by atoms with Crippen molar-refractivity contribution < 1.29 is 17.9 Å². The first kappa shape index (κ1) is 17.0. The quantitative estimate of drug-likeness (QED) is 0.761. The molecule has 5 heteroatoms. The van der Waals surface area contributed by atoms with Crippen LogP contribution in [0.3, 0.4) is 0 Å². The molecule has 0 unspecified atom stereocenters. The number of sulfone groups is 1. The molecule has 0 aliphatic heterocycles. The summed E-state index contributed by atoms with van der Waals surface area (Å²) in [7, 11) is -2.36. The predicted molar refractivity (Wildman–Crippen MR) is 89.3 cm³/mol. The molecule has 0 N–H and O–H groups in total. The Bertz CT molecular complexity index is 778. The lowest BCUT2D eigenvalue weighted by Crippen LogP contribution is -2.08. The number of carbonyl (C=O) groups is 1. The number of allylic oxidation sites excluding steroid dienone is 1. The van der Waals surface area contributed by atoms with E-state index in [4.69, 9.17) is 0 Å². The maximum Gasteiger partial charge on any atom is 0.305 e. The number of hydrogen-bond donors (Lipinski definition) is 0. The van der Waals surface area contributed by atoms with Gasteiger partial charge in [0.15, 0.2) is 0 Å². The lowest BCUT2D eigenvalue weighted by atomic mass is 10.2. The highest BCUT2D eigenvalue weighted by molar-refractivity contribution is 7.95. The molecule has 0 aliphatic carbocycles. The first-order valence-corrected chi connectivity index (χ1v) is 8.65. The molecule has 0 aliphatic rings. The highest BCUT2D eigenvalue weighted by Crippen LogP contribution is 2.25. The standard InChI is InChI=1S/C18H18O4S/c1-22-18(19)13-12-17(14-15-8-4-2-5-9-15)23(20,21)16-10-6-3-7-11-16/h2-11,14H,12-13H2,1H3/b17-14-. The number of ether oxygens (including phenoxy) is 1. The van der Waals surface area contributed by atoms with Gasteiger partial charge in [-0.2, -0.15) is 0 Å².